The molecule has 1 aromatic heterocycles. The first-order valence-corrected chi connectivity index (χ1v) is 11.5. The topological polar surface area (TPSA) is 114 Å². The average molecular weight is 491 g/mol. The minimum Gasteiger partial charge on any atom is -0.327 e. The van der Waals surface area contributed by atoms with E-state index in [-0.39, 0.29) is 15.5 Å². The highest BCUT2D eigenvalue weighted by atomic mass is 35.5. The molecule has 0 amide bonds. The number of imidazole rings is 1. The van der Waals surface area contributed by atoms with Crippen LogP contribution in [0.2, 0.25) is 0 Å². The molecule has 0 saturated heterocycles. The number of benzene rings is 1. The van der Waals surface area contributed by atoms with E-state index >= 15 is 0 Å². The summed E-state index contributed by atoms with van der Waals surface area (Å²) < 4.78 is 69.5. The molecule has 0 saturated carbocycles. The van der Waals surface area contributed by atoms with E-state index in [0.29, 0.717) is 24.3 Å². The number of allylic oxidation sites excluding steroid dienone is 3. The number of aromatic nitrogens is 2. The maximum atomic E-state index is 13.2. The normalized spacial score (nSPS) is 18.4. The molecule has 2 heterocycles. The number of alkyl halides is 3. The lowest BCUT2D eigenvalue weighted by Crippen LogP contribution is -2.32. The molecule has 1 aliphatic heterocycles. The number of sulfonamides is 1. The van der Waals surface area contributed by atoms with Crippen LogP contribution in [-0.2, 0) is 22.7 Å². The van der Waals surface area contributed by atoms with E-state index in [4.69, 9.17) is 17.4 Å². The molecule has 3 rings (SSSR count). The van der Waals surface area contributed by atoms with Gasteiger partial charge in [-0.05, 0) is 43.7 Å². The van der Waals surface area contributed by atoms with Crippen molar-refractivity contribution < 1.29 is 21.6 Å². The Morgan fingerprint density at radius 1 is 1.34 bits per heavy atom. The molecular weight excluding hydrogens is 469 g/mol. The molecule has 0 aliphatic carbocycles. The van der Waals surface area contributed by atoms with E-state index < -0.39 is 34.0 Å². The molecule has 1 aromatic carbocycles. The summed E-state index contributed by atoms with van der Waals surface area (Å²) in [6.45, 7) is 3.79. The zero-order chi connectivity index (χ0) is 23.7. The number of rotatable bonds is 7. The van der Waals surface area contributed by atoms with Crippen molar-refractivity contribution in [3.05, 3.63) is 51.7 Å². The molecule has 0 fully saturated rings. The van der Waals surface area contributed by atoms with Gasteiger partial charge in [0.25, 0.3) is 0 Å². The SMILES string of the molecule is CCCn1c([C@@H](C)NS(=O)(=O)C2=CC(Cl)=CC(NN)N=C2)nc2ccc(C(F)(F)F)cc21. The van der Waals surface area contributed by atoms with Crippen LogP contribution in [0, 0.1) is 0 Å². The van der Waals surface area contributed by atoms with Crippen molar-refractivity contribution in [1.29, 1.82) is 0 Å². The molecule has 2 aromatic rings. The van der Waals surface area contributed by atoms with Gasteiger partial charge < -0.3 is 4.57 Å². The Balaban J connectivity index is 1.98. The van der Waals surface area contributed by atoms with Crippen molar-refractivity contribution >= 4 is 38.9 Å². The van der Waals surface area contributed by atoms with Gasteiger partial charge in [-0.3, -0.25) is 10.8 Å². The van der Waals surface area contributed by atoms with Crippen LogP contribution in [0.15, 0.2) is 45.3 Å². The van der Waals surface area contributed by atoms with Crippen LogP contribution in [0.1, 0.15) is 37.7 Å². The minimum atomic E-state index is -4.50. The fourth-order valence-corrected chi connectivity index (χ4v) is 4.76. The van der Waals surface area contributed by atoms with Crippen molar-refractivity contribution in [2.24, 2.45) is 10.8 Å². The zero-order valence-corrected chi connectivity index (χ0v) is 18.8. The Morgan fingerprint density at radius 3 is 2.69 bits per heavy atom. The molecule has 1 unspecified atom stereocenters. The van der Waals surface area contributed by atoms with Crippen molar-refractivity contribution in [2.45, 2.75) is 45.2 Å². The first-order chi connectivity index (χ1) is 15.0. The number of aliphatic imine (C=N–C) groups is 1. The van der Waals surface area contributed by atoms with Crippen LogP contribution >= 0.6 is 11.6 Å². The van der Waals surface area contributed by atoms with Crippen molar-refractivity contribution in [3.8, 4) is 0 Å². The predicted octanol–water partition coefficient (Wildman–Crippen LogP) is 3.33. The maximum absolute atomic E-state index is 13.2. The molecule has 2 atom stereocenters. The van der Waals surface area contributed by atoms with Crippen molar-refractivity contribution in [1.82, 2.24) is 19.7 Å². The van der Waals surface area contributed by atoms with Gasteiger partial charge in [-0.25, -0.2) is 23.5 Å². The van der Waals surface area contributed by atoms with Crippen LogP contribution in [0.4, 0.5) is 13.2 Å². The lowest BCUT2D eigenvalue weighted by molar-refractivity contribution is -0.137. The summed E-state index contributed by atoms with van der Waals surface area (Å²) in [5, 5.41) is 0.122. The highest BCUT2D eigenvalue weighted by Gasteiger charge is 2.32. The van der Waals surface area contributed by atoms with E-state index in [9.17, 15) is 21.6 Å². The quantitative estimate of drug-likeness (QED) is 0.407. The standard InChI is InChI=1S/C19H22ClF3N6O2S/c1-3-6-29-16-7-12(19(21,22)23)4-5-15(16)26-18(29)11(2)28-32(30,31)14-8-13(20)9-17(27-24)25-10-14/h4-5,7-11,17,27-28H,3,6,24H2,1-2H3/t11-,17?/m1/s1. The van der Waals surface area contributed by atoms with Gasteiger partial charge >= 0.3 is 6.18 Å². The van der Waals surface area contributed by atoms with Gasteiger partial charge in [0, 0.05) is 17.8 Å². The molecule has 0 spiro atoms. The molecule has 0 bridgehead atoms. The Labute approximate surface area is 188 Å². The number of nitrogens with two attached hydrogens (primary N) is 1. The molecular formula is C19H22ClF3N6O2S. The number of hydrogen-bond acceptors (Lipinski definition) is 6. The van der Waals surface area contributed by atoms with Gasteiger partial charge in [0.2, 0.25) is 10.0 Å². The van der Waals surface area contributed by atoms with Crippen LogP contribution in [0.25, 0.3) is 11.0 Å². The molecule has 4 N–H and O–H groups in total. The lowest BCUT2D eigenvalue weighted by Gasteiger charge is -2.16. The smallest absolute Gasteiger partial charge is 0.327 e. The fourth-order valence-electron chi connectivity index (χ4n) is 3.27. The molecule has 13 heteroatoms. The van der Waals surface area contributed by atoms with Crippen molar-refractivity contribution in [3.63, 3.8) is 0 Å². The van der Waals surface area contributed by atoms with E-state index in [0.717, 1.165) is 18.3 Å². The van der Waals surface area contributed by atoms with E-state index in [2.05, 4.69) is 20.1 Å². The summed E-state index contributed by atoms with van der Waals surface area (Å²) in [6, 6.07) is 2.40. The Morgan fingerprint density at radius 2 is 2.06 bits per heavy atom. The molecule has 8 nitrogen and oxygen atoms in total. The van der Waals surface area contributed by atoms with Crippen LogP contribution in [0.3, 0.4) is 0 Å². The first-order valence-electron chi connectivity index (χ1n) is 9.64. The van der Waals surface area contributed by atoms with Crippen LogP contribution in [-0.4, -0.2) is 30.3 Å². The maximum Gasteiger partial charge on any atom is 0.416 e. The second kappa shape index (κ2) is 9.32. The third-order valence-corrected chi connectivity index (χ3v) is 6.46. The number of nitrogens with one attached hydrogen (secondary N) is 2. The fraction of sp³-hybridized carbons (Fsp3) is 0.368. The predicted molar refractivity (Wildman–Crippen MR) is 117 cm³/mol. The van der Waals surface area contributed by atoms with Gasteiger partial charge in [0.1, 0.15) is 16.9 Å². The Hall–Kier alpha value is -2.25. The number of nitrogens with zero attached hydrogens (tertiary/aromatic N) is 3. The first kappa shape index (κ1) is 24.4. The summed E-state index contributed by atoms with van der Waals surface area (Å²) in [4.78, 5) is 8.20. The molecule has 1 aliphatic rings. The average Bonchev–Trinajstić information content (AvgIpc) is 2.94. The van der Waals surface area contributed by atoms with Gasteiger partial charge in [-0.15, -0.1) is 0 Å². The highest BCUT2D eigenvalue weighted by molar-refractivity contribution is 7.94. The number of aryl methyl sites for hydroxylation is 1. The summed E-state index contributed by atoms with van der Waals surface area (Å²) in [5.41, 5.74) is 2.18. The number of halogens is 4. The third kappa shape index (κ3) is 5.21. The third-order valence-electron chi connectivity index (χ3n) is 4.71. The molecule has 32 heavy (non-hydrogen) atoms. The monoisotopic (exact) mass is 490 g/mol. The second-order valence-electron chi connectivity index (χ2n) is 7.15. The van der Waals surface area contributed by atoms with Gasteiger partial charge in [0.05, 0.1) is 22.6 Å². The number of hydrogen-bond donors (Lipinski definition) is 3. The summed E-state index contributed by atoms with van der Waals surface area (Å²) in [6.07, 6.45) is -0.807. The second-order valence-corrected chi connectivity index (χ2v) is 9.30. The Kier molecular flexibility index (Phi) is 7.10. The van der Waals surface area contributed by atoms with Gasteiger partial charge in [-0.1, -0.05) is 18.5 Å². The van der Waals surface area contributed by atoms with Gasteiger partial charge in [0.15, 0.2) is 0 Å². The lowest BCUT2D eigenvalue weighted by atomic mass is 10.2. The summed E-state index contributed by atoms with van der Waals surface area (Å²) in [7, 11) is -4.08. The van der Waals surface area contributed by atoms with Crippen LogP contribution in [0.5, 0.6) is 0 Å². The molecule has 174 valence electrons. The van der Waals surface area contributed by atoms with E-state index in [1.165, 1.54) is 18.2 Å². The largest absolute Gasteiger partial charge is 0.416 e. The summed E-state index contributed by atoms with van der Waals surface area (Å²) in [5.74, 6) is 5.62. The molecule has 0 radical (unpaired) electrons. The minimum absolute atomic E-state index is 0.122. The van der Waals surface area contributed by atoms with Crippen LogP contribution < -0.4 is 16.0 Å². The number of hydrazine groups is 1. The zero-order valence-electron chi connectivity index (χ0n) is 17.2. The summed E-state index contributed by atoms with van der Waals surface area (Å²) >= 11 is 6.03. The number of fused-ring (bicyclic) bond motifs is 1. The highest BCUT2D eigenvalue weighted by Crippen LogP contribution is 2.32. The Bertz CT molecular complexity index is 1200. The van der Waals surface area contributed by atoms with E-state index in [1.807, 2.05) is 6.92 Å². The van der Waals surface area contributed by atoms with Crippen molar-refractivity contribution in [2.75, 3.05) is 0 Å². The van der Waals surface area contributed by atoms with Gasteiger partial charge in [-0.2, -0.15) is 13.2 Å². The van der Waals surface area contributed by atoms with E-state index in [1.54, 1.807) is 11.5 Å².